The second-order valence-electron chi connectivity index (χ2n) is 8.27. The van der Waals surface area contributed by atoms with Gasteiger partial charge < -0.3 is 9.84 Å². The van der Waals surface area contributed by atoms with Crippen LogP contribution in [0.1, 0.15) is 21.5 Å². The standard InChI is InChI=1S/C31H24N2O3/c34-29-19-18-24-10-4-5-11-26(24)28(29)20-32-33-31(35)25-16-14-22(15-17-25)21-36-30-13-7-6-12-27(30)23-8-2-1-3-9-23/h1-20,34H,21H2,(H,33,35). The van der Waals surface area contributed by atoms with Gasteiger partial charge in [0.05, 0.1) is 6.21 Å². The Hall–Kier alpha value is -4.90. The predicted molar refractivity (Wildman–Crippen MR) is 143 cm³/mol. The van der Waals surface area contributed by atoms with Crippen LogP contribution in [0.25, 0.3) is 21.9 Å². The largest absolute Gasteiger partial charge is 0.507 e. The van der Waals surface area contributed by atoms with Crippen molar-refractivity contribution in [2.75, 3.05) is 0 Å². The zero-order chi connectivity index (χ0) is 24.7. The molecule has 5 aromatic carbocycles. The molecule has 2 N–H and O–H groups in total. The van der Waals surface area contributed by atoms with Crippen molar-refractivity contribution in [3.63, 3.8) is 0 Å². The molecular formula is C31H24N2O3. The van der Waals surface area contributed by atoms with Crippen molar-refractivity contribution in [3.8, 4) is 22.6 Å². The molecule has 0 radical (unpaired) electrons. The molecule has 0 fully saturated rings. The summed E-state index contributed by atoms with van der Waals surface area (Å²) in [5.74, 6) is 0.564. The summed E-state index contributed by atoms with van der Waals surface area (Å²) in [5, 5.41) is 16.1. The highest BCUT2D eigenvalue weighted by atomic mass is 16.5. The molecular weight excluding hydrogens is 448 g/mol. The van der Waals surface area contributed by atoms with Crippen molar-refractivity contribution in [3.05, 3.63) is 132 Å². The number of hydrogen-bond acceptors (Lipinski definition) is 4. The average molecular weight is 473 g/mol. The zero-order valence-electron chi connectivity index (χ0n) is 19.5. The lowest BCUT2D eigenvalue weighted by molar-refractivity contribution is 0.0955. The van der Waals surface area contributed by atoms with Crippen LogP contribution in [0.15, 0.2) is 120 Å². The van der Waals surface area contributed by atoms with Gasteiger partial charge in [-0.2, -0.15) is 5.10 Å². The van der Waals surface area contributed by atoms with Crippen LogP contribution in [0.3, 0.4) is 0 Å². The lowest BCUT2D eigenvalue weighted by atomic mass is 10.0. The number of nitrogens with one attached hydrogen (secondary N) is 1. The first kappa shape index (κ1) is 22.9. The topological polar surface area (TPSA) is 70.9 Å². The van der Waals surface area contributed by atoms with Crippen LogP contribution < -0.4 is 10.2 Å². The summed E-state index contributed by atoms with van der Waals surface area (Å²) < 4.78 is 6.09. The van der Waals surface area contributed by atoms with Crippen molar-refractivity contribution in [1.29, 1.82) is 0 Å². The summed E-state index contributed by atoms with van der Waals surface area (Å²) in [6, 6.07) is 36.4. The monoisotopic (exact) mass is 472 g/mol. The lowest BCUT2D eigenvalue weighted by Gasteiger charge is -2.12. The van der Waals surface area contributed by atoms with Crippen molar-refractivity contribution < 1.29 is 14.6 Å². The normalized spacial score (nSPS) is 11.0. The van der Waals surface area contributed by atoms with E-state index in [9.17, 15) is 9.90 Å². The van der Waals surface area contributed by atoms with Gasteiger partial charge in [-0.1, -0.05) is 91.0 Å². The van der Waals surface area contributed by atoms with Gasteiger partial charge in [0, 0.05) is 16.7 Å². The molecule has 0 atom stereocenters. The predicted octanol–water partition coefficient (Wildman–Crippen LogP) is 6.56. The summed E-state index contributed by atoms with van der Waals surface area (Å²) in [6.45, 7) is 0.379. The van der Waals surface area contributed by atoms with E-state index in [1.165, 1.54) is 6.21 Å². The summed E-state index contributed by atoms with van der Waals surface area (Å²) in [4.78, 5) is 12.6. The molecule has 0 saturated heterocycles. The molecule has 176 valence electrons. The highest BCUT2D eigenvalue weighted by Gasteiger charge is 2.08. The minimum absolute atomic E-state index is 0.102. The first-order valence-corrected chi connectivity index (χ1v) is 11.6. The molecule has 0 unspecified atom stereocenters. The molecule has 0 aliphatic carbocycles. The van der Waals surface area contributed by atoms with Crippen LogP contribution in [-0.2, 0) is 6.61 Å². The number of phenolic OH excluding ortho intramolecular Hbond substituents is 1. The number of aromatic hydroxyl groups is 1. The van der Waals surface area contributed by atoms with E-state index in [1.54, 1.807) is 18.2 Å². The third-order valence-corrected chi connectivity index (χ3v) is 5.89. The van der Waals surface area contributed by atoms with Crippen molar-refractivity contribution >= 4 is 22.9 Å². The number of amides is 1. The molecule has 0 aliphatic heterocycles. The number of carbonyl (C=O) groups is 1. The molecule has 5 heteroatoms. The Bertz CT molecular complexity index is 1530. The van der Waals surface area contributed by atoms with Gasteiger partial charge in [-0.15, -0.1) is 0 Å². The Kier molecular flexibility index (Phi) is 6.72. The Morgan fingerprint density at radius 2 is 1.53 bits per heavy atom. The van der Waals surface area contributed by atoms with E-state index >= 15 is 0 Å². The number of rotatable bonds is 7. The van der Waals surface area contributed by atoms with Crippen LogP contribution in [0.5, 0.6) is 11.5 Å². The van der Waals surface area contributed by atoms with Crippen molar-refractivity contribution in [2.24, 2.45) is 5.10 Å². The van der Waals surface area contributed by atoms with Crippen molar-refractivity contribution in [1.82, 2.24) is 5.43 Å². The van der Waals surface area contributed by atoms with Crippen LogP contribution in [0.4, 0.5) is 0 Å². The number of ether oxygens (including phenoxy) is 1. The minimum Gasteiger partial charge on any atom is -0.507 e. The van der Waals surface area contributed by atoms with Gasteiger partial charge in [-0.25, -0.2) is 5.43 Å². The summed E-state index contributed by atoms with van der Waals surface area (Å²) in [5.41, 5.74) is 6.63. The number of phenols is 1. The first-order chi connectivity index (χ1) is 17.7. The third kappa shape index (κ3) is 5.10. The second kappa shape index (κ2) is 10.6. The third-order valence-electron chi connectivity index (χ3n) is 5.89. The molecule has 5 rings (SSSR count). The van der Waals surface area contributed by atoms with Crippen LogP contribution in [0.2, 0.25) is 0 Å². The lowest BCUT2D eigenvalue weighted by Crippen LogP contribution is -2.17. The van der Waals surface area contributed by atoms with E-state index in [4.69, 9.17) is 4.74 Å². The van der Waals surface area contributed by atoms with Crippen LogP contribution >= 0.6 is 0 Å². The number of fused-ring (bicyclic) bond motifs is 1. The van der Waals surface area contributed by atoms with Gasteiger partial charge in [0.15, 0.2) is 0 Å². The Morgan fingerprint density at radius 1 is 0.806 bits per heavy atom. The Balaban J connectivity index is 1.23. The number of benzene rings is 5. The fourth-order valence-corrected chi connectivity index (χ4v) is 4.00. The summed E-state index contributed by atoms with van der Waals surface area (Å²) >= 11 is 0. The van der Waals surface area contributed by atoms with Gasteiger partial charge >= 0.3 is 0 Å². The molecule has 5 aromatic rings. The molecule has 0 spiro atoms. The molecule has 0 aliphatic rings. The van der Waals surface area contributed by atoms with E-state index in [2.05, 4.69) is 22.7 Å². The number of nitrogens with zero attached hydrogens (tertiary/aromatic N) is 1. The fourth-order valence-electron chi connectivity index (χ4n) is 4.00. The molecule has 36 heavy (non-hydrogen) atoms. The molecule has 0 bridgehead atoms. The zero-order valence-corrected chi connectivity index (χ0v) is 19.5. The number of carbonyl (C=O) groups excluding carboxylic acids is 1. The molecule has 5 nitrogen and oxygen atoms in total. The van der Waals surface area contributed by atoms with Gasteiger partial charge in [0.1, 0.15) is 18.1 Å². The van der Waals surface area contributed by atoms with E-state index in [0.29, 0.717) is 17.7 Å². The molecule has 0 saturated carbocycles. The molecule has 0 aromatic heterocycles. The second-order valence-corrected chi connectivity index (χ2v) is 8.27. The summed E-state index contributed by atoms with van der Waals surface area (Å²) in [6.07, 6.45) is 1.46. The smallest absolute Gasteiger partial charge is 0.271 e. The number of hydrogen-bond donors (Lipinski definition) is 2. The van der Waals surface area contributed by atoms with Gasteiger partial charge in [-0.3, -0.25) is 4.79 Å². The van der Waals surface area contributed by atoms with Crippen molar-refractivity contribution in [2.45, 2.75) is 6.61 Å². The van der Waals surface area contributed by atoms with Gasteiger partial charge in [0.25, 0.3) is 5.91 Å². The van der Waals surface area contributed by atoms with Crippen LogP contribution in [-0.4, -0.2) is 17.2 Å². The Labute approximate surface area is 209 Å². The SMILES string of the molecule is O=C(NN=Cc1c(O)ccc2ccccc12)c1ccc(COc2ccccc2-c2ccccc2)cc1. The molecule has 1 amide bonds. The van der Waals surface area contributed by atoms with E-state index in [0.717, 1.165) is 33.2 Å². The number of hydrazone groups is 1. The first-order valence-electron chi connectivity index (χ1n) is 11.6. The van der Waals surface area contributed by atoms with E-state index < -0.39 is 0 Å². The fraction of sp³-hybridized carbons (Fsp3) is 0.0323. The van der Waals surface area contributed by atoms with E-state index in [1.807, 2.05) is 84.9 Å². The van der Waals surface area contributed by atoms with E-state index in [-0.39, 0.29) is 11.7 Å². The van der Waals surface area contributed by atoms with Crippen LogP contribution in [0, 0.1) is 0 Å². The summed E-state index contributed by atoms with van der Waals surface area (Å²) in [7, 11) is 0. The average Bonchev–Trinajstić information content (AvgIpc) is 2.94. The maximum atomic E-state index is 12.6. The molecule has 0 heterocycles. The highest BCUT2D eigenvalue weighted by molar-refractivity contribution is 6.03. The highest BCUT2D eigenvalue weighted by Crippen LogP contribution is 2.30. The maximum Gasteiger partial charge on any atom is 0.271 e. The Morgan fingerprint density at radius 3 is 2.36 bits per heavy atom. The minimum atomic E-state index is -0.340. The maximum absolute atomic E-state index is 12.6. The quantitative estimate of drug-likeness (QED) is 0.208. The van der Waals surface area contributed by atoms with Gasteiger partial charge in [0.2, 0.25) is 0 Å². The van der Waals surface area contributed by atoms with Gasteiger partial charge in [-0.05, 0) is 46.2 Å². The number of para-hydroxylation sites is 1.